The number of aliphatic carboxylic acids is 1. The summed E-state index contributed by atoms with van der Waals surface area (Å²) in [6.07, 6.45) is -1.71. The van der Waals surface area contributed by atoms with Crippen LogP contribution in [0.1, 0.15) is 29.0 Å². The van der Waals surface area contributed by atoms with Crippen LogP contribution in [-0.2, 0) is 4.79 Å². The van der Waals surface area contributed by atoms with Gasteiger partial charge in [0, 0.05) is 19.1 Å². The van der Waals surface area contributed by atoms with E-state index in [9.17, 15) is 18.0 Å². The second-order valence-electron chi connectivity index (χ2n) is 5.09. The Morgan fingerprint density at radius 3 is 2.23 bits per heavy atom. The summed E-state index contributed by atoms with van der Waals surface area (Å²) in [5, 5.41) is 7.12. The molecule has 1 aromatic heterocycles. The Labute approximate surface area is 124 Å². The number of nitrogens with zero attached hydrogens (tertiary/aromatic N) is 1. The molecule has 0 unspecified atom stereocenters. The number of carboxylic acid groups (broad SMARTS) is 1. The number of halogens is 3. The Morgan fingerprint density at radius 2 is 1.91 bits per heavy atom. The number of hydrogen-bond acceptors (Lipinski definition) is 4. The van der Waals surface area contributed by atoms with Gasteiger partial charge in [-0.2, -0.15) is 13.2 Å². The van der Waals surface area contributed by atoms with E-state index in [0.717, 1.165) is 18.4 Å². The summed E-state index contributed by atoms with van der Waals surface area (Å²) in [6.45, 7) is 1.90. The largest absolute Gasteiger partial charge is 0.490 e. The summed E-state index contributed by atoms with van der Waals surface area (Å²) in [5.74, 6) is -2.40. The second-order valence-corrected chi connectivity index (χ2v) is 5.09. The molecule has 124 valence electrons. The second kappa shape index (κ2) is 6.82. The lowest BCUT2D eigenvalue weighted by Gasteiger charge is -2.38. The van der Waals surface area contributed by atoms with E-state index in [1.807, 2.05) is 6.92 Å². The molecule has 1 saturated carbocycles. The highest BCUT2D eigenvalue weighted by molar-refractivity contribution is 5.91. The van der Waals surface area contributed by atoms with Crippen molar-refractivity contribution in [1.82, 2.24) is 4.90 Å². The quantitative estimate of drug-likeness (QED) is 0.865. The van der Waals surface area contributed by atoms with Gasteiger partial charge in [-0.1, -0.05) is 0 Å². The first kappa shape index (κ1) is 18.0. The minimum atomic E-state index is -5.08. The molecule has 0 aromatic carbocycles. The molecule has 1 aromatic rings. The van der Waals surface area contributed by atoms with E-state index in [4.69, 9.17) is 20.1 Å². The van der Waals surface area contributed by atoms with Crippen LogP contribution in [0.4, 0.5) is 13.2 Å². The van der Waals surface area contributed by atoms with E-state index >= 15 is 0 Å². The van der Waals surface area contributed by atoms with Crippen molar-refractivity contribution in [3.05, 3.63) is 23.7 Å². The molecule has 1 aliphatic rings. The maximum absolute atomic E-state index is 11.9. The Bertz CT molecular complexity index is 536. The molecule has 3 N–H and O–H groups in total. The first-order valence-electron chi connectivity index (χ1n) is 6.40. The number of hydrogen-bond donors (Lipinski definition) is 2. The zero-order valence-corrected chi connectivity index (χ0v) is 12.1. The van der Waals surface area contributed by atoms with E-state index in [1.54, 1.807) is 24.3 Å². The number of alkyl halides is 3. The lowest BCUT2D eigenvalue weighted by molar-refractivity contribution is -0.192. The SMILES string of the molecule is Cc1coc(C(=O)N(C)C2CC(N)C2)c1.O=C(O)C(F)(F)F. The third kappa shape index (κ3) is 4.76. The molecule has 6 nitrogen and oxygen atoms in total. The number of aryl methyl sites for hydroxylation is 1. The van der Waals surface area contributed by atoms with Gasteiger partial charge >= 0.3 is 12.1 Å². The lowest BCUT2D eigenvalue weighted by Crippen LogP contribution is -2.51. The van der Waals surface area contributed by atoms with Gasteiger partial charge in [-0.05, 0) is 31.4 Å². The molecular formula is C13H17F3N2O4. The van der Waals surface area contributed by atoms with Gasteiger partial charge in [0.1, 0.15) is 0 Å². The maximum Gasteiger partial charge on any atom is 0.490 e. The normalized spacial score (nSPS) is 20.5. The number of carboxylic acids is 1. The lowest BCUT2D eigenvalue weighted by atomic mass is 9.86. The van der Waals surface area contributed by atoms with E-state index in [0.29, 0.717) is 5.76 Å². The van der Waals surface area contributed by atoms with Crippen molar-refractivity contribution in [2.45, 2.75) is 38.0 Å². The maximum atomic E-state index is 11.9. The number of carbonyl (C=O) groups is 2. The van der Waals surface area contributed by atoms with Crippen molar-refractivity contribution in [2.75, 3.05) is 7.05 Å². The molecule has 0 radical (unpaired) electrons. The minimum absolute atomic E-state index is 0.0556. The van der Waals surface area contributed by atoms with Crippen LogP contribution in [0, 0.1) is 6.92 Å². The third-order valence-electron chi connectivity index (χ3n) is 3.20. The zero-order valence-electron chi connectivity index (χ0n) is 12.1. The molecule has 0 spiro atoms. The van der Waals surface area contributed by atoms with Crippen molar-refractivity contribution < 1.29 is 32.3 Å². The van der Waals surface area contributed by atoms with E-state index in [1.165, 1.54) is 0 Å². The van der Waals surface area contributed by atoms with Crippen molar-refractivity contribution in [3.8, 4) is 0 Å². The first-order valence-corrected chi connectivity index (χ1v) is 6.40. The third-order valence-corrected chi connectivity index (χ3v) is 3.20. The van der Waals surface area contributed by atoms with Gasteiger partial charge in [-0.25, -0.2) is 4.79 Å². The molecule has 1 fully saturated rings. The van der Waals surface area contributed by atoms with E-state index < -0.39 is 12.1 Å². The number of carbonyl (C=O) groups excluding carboxylic acids is 1. The summed E-state index contributed by atoms with van der Waals surface area (Å²) in [4.78, 5) is 22.5. The Kier molecular flexibility index (Phi) is 5.59. The van der Waals surface area contributed by atoms with Gasteiger partial charge in [0.25, 0.3) is 5.91 Å². The predicted molar refractivity (Wildman–Crippen MR) is 70.2 cm³/mol. The van der Waals surface area contributed by atoms with Gasteiger partial charge in [-0.15, -0.1) is 0 Å². The molecular weight excluding hydrogens is 305 g/mol. The molecule has 0 bridgehead atoms. The van der Waals surface area contributed by atoms with Crippen LogP contribution in [0.25, 0.3) is 0 Å². The van der Waals surface area contributed by atoms with Crippen LogP contribution in [0.15, 0.2) is 16.7 Å². The Balaban J connectivity index is 0.000000295. The molecule has 1 aliphatic carbocycles. The fraction of sp³-hybridized carbons (Fsp3) is 0.538. The van der Waals surface area contributed by atoms with Crippen LogP contribution in [0.5, 0.6) is 0 Å². The topological polar surface area (TPSA) is 96.8 Å². The van der Waals surface area contributed by atoms with Gasteiger partial charge in [0.2, 0.25) is 0 Å². The average molecular weight is 322 g/mol. The van der Waals surface area contributed by atoms with Crippen molar-refractivity contribution in [1.29, 1.82) is 0 Å². The molecule has 1 heterocycles. The zero-order chi connectivity index (χ0) is 17.1. The molecule has 1 amide bonds. The fourth-order valence-electron chi connectivity index (χ4n) is 1.83. The summed E-state index contributed by atoms with van der Waals surface area (Å²) in [5.41, 5.74) is 6.66. The van der Waals surface area contributed by atoms with E-state index in [-0.39, 0.29) is 18.0 Å². The van der Waals surface area contributed by atoms with Crippen LogP contribution < -0.4 is 5.73 Å². The van der Waals surface area contributed by atoms with Gasteiger partial charge < -0.3 is 20.2 Å². The number of amides is 1. The molecule has 9 heteroatoms. The fourth-order valence-corrected chi connectivity index (χ4v) is 1.83. The smallest absolute Gasteiger partial charge is 0.475 e. The minimum Gasteiger partial charge on any atom is -0.475 e. The number of furan rings is 1. The highest BCUT2D eigenvalue weighted by atomic mass is 19.4. The monoisotopic (exact) mass is 322 g/mol. The van der Waals surface area contributed by atoms with Gasteiger partial charge in [0.15, 0.2) is 5.76 Å². The predicted octanol–water partition coefficient (Wildman–Crippen LogP) is 1.78. The van der Waals surface area contributed by atoms with Crippen molar-refractivity contribution in [3.63, 3.8) is 0 Å². The highest BCUT2D eigenvalue weighted by Gasteiger charge is 2.38. The summed E-state index contributed by atoms with van der Waals surface area (Å²) < 4.78 is 36.9. The summed E-state index contributed by atoms with van der Waals surface area (Å²) in [7, 11) is 1.80. The van der Waals surface area contributed by atoms with Gasteiger partial charge in [0.05, 0.1) is 6.26 Å². The first-order chi connectivity index (χ1) is 10.0. The Morgan fingerprint density at radius 1 is 1.41 bits per heavy atom. The summed E-state index contributed by atoms with van der Waals surface area (Å²) in [6, 6.07) is 2.29. The van der Waals surface area contributed by atoms with Crippen LogP contribution in [-0.4, -0.2) is 47.2 Å². The highest BCUT2D eigenvalue weighted by Crippen LogP contribution is 2.24. The van der Waals surface area contributed by atoms with Crippen molar-refractivity contribution in [2.24, 2.45) is 5.73 Å². The molecule has 0 atom stereocenters. The van der Waals surface area contributed by atoms with Crippen LogP contribution >= 0.6 is 0 Å². The standard InChI is InChI=1S/C11H16N2O2.C2HF3O2/c1-7-3-10(15-6-7)11(14)13(2)9-4-8(12)5-9;3-2(4,5)1(6)7/h3,6,8-9H,4-5,12H2,1-2H3;(H,6,7). The van der Waals surface area contributed by atoms with E-state index in [2.05, 4.69) is 0 Å². The van der Waals surface area contributed by atoms with Crippen LogP contribution in [0.3, 0.4) is 0 Å². The summed E-state index contributed by atoms with van der Waals surface area (Å²) >= 11 is 0. The van der Waals surface area contributed by atoms with Crippen LogP contribution in [0.2, 0.25) is 0 Å². The average Bonchev–Trinajstić information content (AvgIpc) is 2.79. The molecule has 0 saturated heterocycles. The molecule has 22 heavy (non-hydrogen) atoms. The number of rotatable bonds is 2. The molecule has 0 aliphatic heterocycles. The van der Waals surface area contributed by atoms with Gasteiger partial charge in [-0.3, -0.25) is 4.79 Å². The number of nitrogens with two attached hydrogens (primary N) is 1. The van der Waals surface area contributed by atoms with Crippen molar-refractivity contribution >= 4 is 11.9 Å². The molecule has 2 rings (SSSR count). The Hall–Kier alpha value is -2.03.